The zero-order valence-electron chi connectivity index (χ0n) is 11.6. The molecule has 0 saturated carbocycles. The molecule has 1 aromatic carbocycles. The molecular weight excluding hydrogens is 300 g/mol. The monoisotopic (exact) mass is 318 g/mol. The maximum absolute atomic E-state index is 4.52. The summed E-state index contributed by atoms with van der Waals surface area (Å²) in [7, 11) is 0. The molecular formula is C16H19BrN2. The summed E-state index contributed by atoms with van der Waals surface area (Å²) >= 11 is 3.60. The summed E-state index contributed by atoms with van der Waals surface area (Å²) in [6.07, 6.45) is 1.84. The third-order valence-electron chi connectivity index (χ3n) is 3.05. The maximum atomic E-state index is 4.52. The van der Waals surface area contributed by atoms with Crippen LogP contribution in [0.1, 0.15) is 35.3 Å². The predicted octanol–water partition coefficient (Wildman–Crippen LogP) is 4.16. The summed E-state index contributed by atoms with van der Waals surface area (Å²) < 4.78 is 1.04. The number of nitrogens with one attached hydrogen (secondary N) is 1. The fourth-order valence-electron chi connectivity index (χ4n) is 2.36. The summed E-state index contributed by atoms with van der Waals surface area (Å²) in [6.45, 7) is 7.28. The minimum absolute atomic E-state index is 0.124. The summed E-state index contributed by atoms with van der Waals surface area (Å²) in [4.78, 5) is 4.52. The first-order valence-electron chi connectivity index (χ1n) is 6.53. The molecule has 100 valence electrons. The number of rotatable bonds is 4. The molecule has 0 aliphatic carbocycles. The van der Waals surface area contributed by atoms with Crippen LogP contribution in [-0.4, -0.2) is 11.5 Å². The van der Waals surface area contributed by atoms with Crippen LogP contribution >= 0.6 is 15.9 Å². The third-order valence-corrected chi connectivity index (χ3v) is 3.72. The number of pyridine rings is 1. The van der Waals surface area contributed by atoms with Gasteiger partial charge in [-0.3, -0.25) is 4.98 Å². The molecule has 0 aliphatic rings. The van der Waals surface area contributed by atoms with E-state index in [-0.39, 0.29) is 6.04 Å². The zero-order valence-corrected chi connectivity index (χ0v) is 13.2. The van der Waals surface area contributed by atoms with Crippen molar-refractivity contribution in [2.75, 3.05) is 6.54 Å². The van der Waals surface area contributed by atoms with Crippen LogP contribution in [0.2, 0.25) is 0 Å². The van der Waals surface area contributed by atoms with E-state index < -0.39 is 0 Å². The Balaban J connectivity index is 2.48. The number of benzene rings is 1. The Morgan fingerprint density at radius 1 is 1.21 bits per heavy atom. The maximum Gasteiger partial charge on any atom is 0.0763 e. The predicted molar refractivity (Wildman–Crippen MR) is 83.4 cm³/mol. The van der Waals surface area contributed by atoms with Gasteiger partial charge >= 0.3 is 0 Å². The van der Waals surface area contributed by atoms with E-state index >= 15 is 0 Å². The van der Waals surface area contributed by atoms with E-state index in [9.17, 15) is 0 Å². The van der Waals surface area contributed by atoms with E-state index in [2.05, 4.69) is 65.2 Å². The van der Waals surface area contributed by atoms with Crippen LogP contribution in [0.4, 0.5) is 0 Å². The highest BCUT2D eigenvalue weighted by Gasteiger charge is 2.17. The lowest BCUT2D eigenvalue weighted by Gasteiger charge is -2.20. The molecule has 0 fully saturated rings. The lowest BCUT2D eigenvalue weighted by Crippen LogP contribution is -2.23. The number of aromatic nitrogens is 1. The van der Waals surface area contributed by atoms with Gasteiger partial charge in [0.2, 0.25) is 0 Å². The molecule has 0 spiro atoms. The van der Waals surface area contributed by atoms with Crippen LogP contribution in [0.15, 0.2) is 41.0 Å². The summed E-state index contributed by atoms with van der Waals surface area (Å²) in [5.41, 5.74) is 4.86. The Morgan fingerprint density at radius 3 is 2.47 bits per heavy atom. The van der Waals surface area contributed by atoms with Crippen molar-refractivity contribution in [2.45, 2.75) is 26.8 Å². The molecule has 1 atom stereocenters. The van der Waals surface area contributed by atoms with Gasteiger partial charge in [0.1, 0.15) is 0 Å². The second kappa shape index (κ2) is 6.31. The highest BCUT2D eigenvalue weighted by Crippen LogP contribution is 2.27. The van der Waals surface area contributed by atoms with Crippen molar-refractivity contribution in [3.8, 4) is 0 Å². The first-order valence-corrected chi connectivity index (χ1v) is 7.33. The average molecular weight is 319 g/mol. The molecule has 1 unspecified atom stereocenters. The largest absolute Gasteiger partial charge is 0.305 e. The topological polar surface area (TPSA) is 24.9 Å². The lowest BCUT2D eigenvalue weighted by atomic mass is 9.98. The Kier molecular flexibility index (Phi) is 4.72. The number of halogens is 1. The van der Waals surface area contributed by atoms with Gasteiger partial charge in [-0.05, 0) is 54.0 Å². The lowest BCUT2D eigenvalue weighted by molar-refractivity contribution is 0.612. The third kappa shape index (κ3) is 3.43. The Labute approximate surface area is 123 Å². The molecule has 1 aromatic heterocycles. The molecule has 1 N–H and O–H groups in total. The molecule has 19 heavy (non-hydrogen) atoms. The van der Waals surface area contributed by atoms with Gasteiger partial charge in [-0.2, -0.15) is 0 Å². The Bertz CT molecular complexity index is 546. The highest BCUT2D eigenvalue weighted by atomic mass is 79.9. The Hall–Kier alpha value is -1.19. The summed E-state index contributed by atoms with van der Waals surface area (Å²) in [5, 5.41) is 3.52. The summed E-state index contributed by atoms with van der Waals surface area (Å²) in [6, 6.07) is 10.7. The zero-order chi connectivity index (χ0) is 13.8. The van der Waals surface area contributed by atoms with Crippen molar-refractivity contribution in [3.63, 3.8) is 0 Å². The molecule has 0 amide bonds. The first-order chi connectivity index (χ1) is 9.11. The van der Waals surface area contributed by atoms with E-state index in [0.717, 1.165) is 16.7 Å². The molecule has 2 aromatic rings. The van der Waals surface area contributed by atoms with Crippen molar-refractivity contribution in [1.29, 1.82) is 0 Å². The van der Waals surface area contributed by atoms with Gasteiger partial charge in [-0.15, -0.1) is 0 Å². The fourth-order valence-corrected chi connectivity index (χ4v) is 2.85. The van der Waals surface area contributed by atoms with Gasteiger partial charge in [0.15, 0.2) is 0 Å². The highest BCUT2D eigenvalue weighted by molar-refractivity contribution is 9.10. The van der Waals surface area contributed by atoms with E-state index in [1.54, 1.807) is 0 Å². The average Bonchev–Trinajstić information content (AvgIpc) is 2.36. The van der Waals surface area contributed by atoms with Crippen LogP contribution in [-0.2, 0) is 0 Å². The van der Waals surface area contributed by atoms with Crippen LogP contribution in [0.5, 0.6) is 0 Å². The molecule has 2 rings (SSSR count). The molecule has 0 radical (unpaired) electrons. The van der Waals surface area contributed by atoms with Gasteiger partial charge in [-0.25, -0.2) is 0 Å². The molecule has 0 saturated heterocycles. The second-order valence-electron chi connectivity index (χ2n) is 4.78. The minimum Gasteiger partial charge on any atom is -0.305 e. The Morgan fingerprint density at radius 2 is 1.89 bits per heavy atom. The second-order valence-corrected chi connectivity index (χ2v) is 5.64. The number of hydrogen-bond donors (Lipinski definition) is 1. The molecule has 1 heterocycles. The van der Waals surface area contributed by atoms with E-state index in [1.807, 2.05) is 18.3 Å². The minimum atomic E-state index is 0.124. The van der Waals surface area contributed by atoms with Crippen LogP contribution in [0, 0.1) is 13.8 Å². The van der Waals surface area contributed by atoms with Gasteiger partial charge < -0.3 is 5.32 Å². The molecule has 0 aliphatic heterocycles. The first kappa shape index (κ1) is 14.2. The van der Waals surface area contributed by atoms with Gasteiger partial charge in [0.05, 0.1) is 11.7 Å². The molecule has 3 heteroatoms. The van der Waals surface area contributed by atoms with Crippen molar-refractivity contribution in [1.82, 2.24) is 10.3 Å². The van der Waals surface area contributed by atoms with Crippen molar-refractivity contribution >= 4 is 15.9 Å². The SMILES string of the molecule is CCNC(c1cc(C)cc(C)c1)c1ncccc1Br. The van der Waals surface area contributed by atoms with Crippen molar-refractivity contribution in [3.05, 3.63) is 63.4 Å². The smallest absolute Gasteiger partial charge is 0.0763 e. The van der Waals surface area contributed by atoms with Crippen LogP contribution in [0.3, 0.4) is 0 Å². The number of hydrogen-bond acceptors (Lipinski definition) is 2. The molecule has 0 bridgehead atoms. The summed E-state index contributed by atoms with van der Waals surface area (Å²) in [5.74, 6) is 0. The standard InChI is InChI=1S/C16H19BrN2/c1-4-18-15(16-14(17)6-5-7-19-16)13-9-11(2)8-12(3)10-13/h5-10,15,18H,4H2,1-3H3. The van der Waals surface area contributed by atoms with Gasteiger partial charge in [0, 0.05) is 10.7 Å². The van der Waals surface area contributed by atoms with Crippen molar-refractivity contribution in [2.24, 2.45) is 0 Å². The quantitative estimate of drug-likeness (QED) is 0.915. The van der Waals surface area contributed by atoms with Crippen molar-refractivity contribution < 1.29 is 0 Å². The number of nitrogens with zero attached hydrogens (tertiary/aromatic N) is 1. The van der Waals surface area contributed by atoms with E-state index in [0.29, 0.717) is 0 Å². The van der Waals surface area contributed by atoms with Gasteiger partial charge in [0.25, 0.3) is 0 Å². The van der Waals surface area contributed by atoms with E-state index in [1.165, 1.54) is 16.7 Å². The van der Waals surface area contributed by atoms with Crippen LogP contribution in [0.25, 0.3) is 0 Å². The fraction of sp³-hybridized carbons (Fsp3) is 0.312. The molecule has 2 nitrogen and oxygen atoms in total. The normalized spacial score (nSPS) is 12.4. The van der Waals surface area contributed by atoms with E-state index in [4.69, 9.17) is 0 Å². The number of aryl methyl sites for hydroxylation is 2. The van der Waals surface area contributed by atoms with Crippen LogP contribution < -0.4 is 5.32 Å². The van der Waals surface area contributed by atoms with Gasteiger partial charge in [-0.1, -0.05) is 36.2 Å².